The lowest BCUT2D eigenvalue weighted by atomic mass is 10.1. The molecule has 2 aliphatic rings. The predicted molar refractivity (Wildman–Crippen MR) is 166 cm³/mol. The lowest BCUT2D eigenvalue weighted by molar-refractivity contribution is -0.140. The van der Waals surface area contributed by atoms with Crippen molar-refractivity contribution in [2.45, 2.75) is 62.6 Å². The monoisotopic (exact) mass is 621 g/mol. The molecule has 0 bridgehead atoms. The van der Waals surface area contributed by atoms with Crippen LogP contribution in [0.15, 0.2) is 77.7 Å². The van der Waals surface area contributed by atoms with Crippen molar-refractivity contribution in [1.29, 1.82) is 0 Å². The molecule has 3 aromatic rings. The summed E-state index contributed by atoms with van der Waals surface area (Å²) in [6, 6.07) is 19.3. The third-order valence-corrected chi connectivity index (χ3v) is 9.81. The van der Waals surface area contributed by atoms with Crippen LogP contribution in [0.1, 0.15) is 44.6 Å². The van der Waals surface area contributed by atoms with Crippen molar-refractivity contribution in [3.8, 4) is 17.2 Å². The summed E-state index contributed by atoms with van der Waals surface area (Å²) in [5, 5.41) is 3.13. The third kappa shape index (κ3) is 7.10. The number of hydrogen-bond acceptors (Lipinski definition) is 7. The number of hydrogen-bond donors (Lipinski definition) is 1. The Bertz CT molecular complexity index is 1540. The Morgan fingerprint density at radius 2 is 1.64 bits per heavy atom. The average molecular weight is 622 g/mol. The quantitative estimate of drug-likeness (QED) is 0.316. The first-order chi connectivity index (χ1) is 21.3. The number of carbonyl (C=O) groups is 2. The van der Waals surface area contributed by atoms with Crippen molar-refractivity contribution in [1.82, 2.24) is 10.2 Å². The van der Waals surface area contributed by atoms with Gasteiger partial charge in [-0.1, -0.05) is 50.1 Å². The van der Waals surface area contributed by atoms with E-state index in [-0.39, 0.29) is 29.1 Å². The summed E-state index contributed by atoms with van der Waals surface area (Å²) in [5.74, 6) is 0.809. The first-order valence-corrected chi connectivity index (χ1v) is 16.4. The maximum Gasteiger partial charge on any atom is 0.264 e. The molecule has 11 heteroatoms. The molecule has 1 heterocycles. The molecule has 10 nitrogen and oxygen atoms in total. The number of sulfonamides is 1. The van der Waals surface area contributed by atoms with Gasteiger partial charge in [0, 0.05) is 18.7 Å². The maximum absolute atomic E-state index is 14.3. The van der Waals surface area contributed by atoms with Crippen LogP contribution >= 0.6 is 0 Å². The number of amides is 2. The molecule has 0 unspecified atom stereocenters. The van der Waals surface area contributed by atoms with E-state index in [0.29, 0.717) is 36.9 Å². The summed E-state index contributed by atoms with van der Waals surface area (Å²) in [6.07, 6.45) is 4.27. The maximum atomic E-state index is 14.3. The molecular formula is C33H39N3O7S. The summed E-state index contributed by atoms with van der Waals surface area (Å²) < 4.78 is 45.9. The Balaban J connectivity index is 1.51. The molecule has 5 rings (SSSR count). The number of methoxy groups -OCH3 is 1. The zero-order valence-electron chi connectivity index (χ0n) is 25.1. The molecule has 2 amide bonds. The highest BCUT2D eigenvalue weighted by Gasteiger charge is 2.35. The highest BCUT2D eigenvalue weighted by atomic mass is 32.2. The van der Waals surface area contributed by atoms with E-state index in [4.69, 9.17) is 14.2 Å². The van der Waals surface area contributed by atoms with E-state index < -0.39 is 28.5 Å². The van der Waals surface area contributed by atoms with Gasteiger partial charge in [-0.2, -0.15) is 0 Å². The summed E-state index contributed by atoms with van der Waals surface area (Å²) in [7, 11) is -2.62. The zero-order valence-corrected chi connectivity index (χ0v) is 25.9. The van der Waals surface area contributed by atoms with Gasteiger partial charge in [0.25, 0.3) is 10.0 Å². The van der Waals surface area contributed by atoms with Gasteiger partial charge in [0.2, 0.25) is 11.8 Å². The molecule has 3 aromatic carbocycles. The minimum absolute atomic E-state index is 0.0374. The fourth-order valence-corrected chi connectivity index (χ4v) is 7.08. The van der Waals surface area contributed by atoms with Gasteiger partial charge in [-0.3, -0.25) is 13.9 Å². The SMILES string of the molecule is CC[C@H](C(=O)NC1CCCC1)N(Cc1ccc(OC)cc1)C(=O)CN(c1ccc2c(c1)OCCO2)S(=O)(=O)c1ccccc1. The molecule has 1 atom stereocenters. The second kappa shape index (κ2) is 14.0. The van der Waals surface area contributed by atoms with E-state index in [2.05, 4.69) is 5.32 Å². The minimum Gasteiger partial charge on any atom is -0.497 e. The number of fused-ring (bicyclic) bond motifs is 1. The second-order valence-electron chi connectivity index (χ2n) is 10.9. The Morgan fingerprint density at radius 3 is 2.30 bits per heavy atom. The predicted octanol–water partition coefficient (Wildman–Crippen LogP) is 4.53. The molecular weight excluding hydrogens is 582 g/mol. The standard InChI is InChI=1S/C33H39N3O7S/c1-3-29(33(38)34-25-9-7-8-10-25)35(22-24-13-16-27(41-2)17-14-24)32(37)23-36(44(39,40)28-11-5-4-6-12-28)26-15-18-30-31(21-26)43-20-19-42-30/h4-6,11-18,21,25,29H,3,7-10,19-20,22-23H2,1-2H3,(H,34,38)/t29-/m1/s1. The van der Waals surface area contributed by atoms with Crippen molar-refractivity contribution in [2.75, 3.05) is 31.2 Å². The van der Waals surface area contributed by atoms with Crippen molar-refractivity contribution < 1.29 is 32.2 Å². The Morgan fingerprint density at radius 1 is 0.955 bits per heavy atom. The molecule has 1 aliphatic heterocycles. The van der Waals surface area contributed by atoms with Gasteiger partial charge in [-0.05, 0) is 61.2 Å². The van der Waals surface area contributed by atoms with Crippen LogP contribution in [0.5, 0.6) is 17.2 Å². The van der Waals surface area contributed by atoms with Crippen LogP contribution in [0.25, 0.3) is 0 Å². The lowest BCUT2D eigenvalue weighted by Crippen LogP contribution is -2.53. The third-order valence-electron chi connectivity index (χ3n) is 8.02. The number of anilines is 1. The zero-order chi connectivity index (χ0) is 31.1. The second-order valence-corrected chi connectivity index (χ2v) is 12.8. The smallest absolute Gasteiger partial charge is 0.264 e. The van der Waals surface area contributed by atoms with E-state index in [1.165, 1.54) is 17.0 Å². The Labute approximate surface area is 259 Å². The van der Waals surface area contributed by atoms with E-state index in [9.17, 15) is 18.0 Å². The highest BCUT2D eigenvalue weighted by molar-refractivity contribution is 7.92. The van der Waals surface area contributed by atoms with Crippen LogP contribution < -0.4 is 23.8 Å². The van der Waals surface area contributed by atoms with Gasteiger partial charge in [0.1, 0.15) is 31.5 Å². The number of ether oxygens (including phenoxy) is 3. The molecule has 0 aromatic heterocycles. The summed E-state index contributed by atoms with van der Waals surface area (Å²) >= 11 is 0. The van der Waals surface area contributed by atoms with E-state index >= 15 is 0 Å². The first-order valence-electron chi connectivity index (χ1n) is 15.0. The normalized spacial score (nSPS) is 15.3. The highest BCUT2D eigenvalue weighted by Crippen LogP contribution is 2.36. The molecule has 0 radical (unpaired) electrons. The fourth-order valence-electron chi connectivity index (χ4n) is 5.65. The minimum atomic E-state index is -4.19. The first kappa shape index (κ1) is 31.2. The van der Waals surface area contributed by atoms with Crippen molar-refractivity contribution in [3.63, 3.8) is 0 Å². The molecule has 0 saturated heterocycles. The summed E-state index contributed by atoms with van der Waals surface area (Å²) in [4.78, 5) is 29.5. The van der Waals surface area contributed by atoms with Gasteiger partial charge in [0.15, 0.2) is 11.5 Å². The van der Waals surface area contributed by atoms with Crippen LogP contribution in [-0.4, -0.2) is 64.1 Å². The topological polar surface area (TPSA) is 114 Å². The Kier molecular flexibility index (Phi) is 9.94. The van der Waals surface area contributed by atoms with Crippen LogP contribution in [0.4, 0.5) is 5.69 Å². The molecule has 234 valence electrons. The molecule has 1 saturated carbocycles. The van der Waals surface area contributed by atoms with E-state index in [1.54, 1.807) is 55.6 Å². The average Bonchev–Trinajstić information content (AvgIpc) is 3.57. The van der Waals surface area contributed by atoms with Crippen molar-refractivity contribution in [3.05, 3.63) is 78.4 Å². The van der Waals surface area contributed by atoms with Crippen molar-refractivity contribution >= 4 is 27.5 Å². The number of nitrogens with one attached hydrogen (secondary N) is 1. The molecule has 44 heavy (non-hydrogen) atoms. The summed E-state index contributed by atoms with van der Waals surface area (Å²) in [6.45, 7) is 2.15. The Hall–Kier alpha value is -4.25. The molecule has 1 aliphatic carbocycles. The van der Waals surface area contributed by atoms with Crippen molar-refractivity contribution in [2.24, 2.45) is 0 Å². The summed E-state index contributed by atoms with van der Waals surface area (Å²) in [5.41, 5.74) is 1.03. The number of rotatable bonds is 12. The van der Waals surface area contributed by atoms with Crippen LogP contribution in [0.2, 0.25) is 0 Å². The van der Waals surface area contributed by atoms with Crippen LogP contribution in [0.3, 0.4) is 0 Å². The number of carbonyl (C=O) groups excluding carboxylic acids is 2. The van der Waals surface area contributed by atoms with Crippen LogP contribution in [-0.2, 0) is 26.2 Å². The lowest BCUT2D eigenvalue weighted by Gasteiger charge is -2.34. The van der Waals surface area contributed by atoms with Gasteiger partial charge in [-0.25, -0.2) is 8.42 Å². The molecule has 1 N–H and O–H groups in total. The van der Waals surface area contributed by atoms with Crippen LogP contribution in [0, 0.1) is 0 Å². The fraction of sp³-hybridized carbons (Fsp3) is 0.394. The molecule has 0 spiro atoms. The van der Waals surface area contributed by atoms with E-state index in [1.807, 2.05) is 19.1 Å². The van der Waals surface area contributed by atoms with E-state index in [0.717, 1.165) is 35.6 Å². The van der Waals surface area contributed by atoms with Gasteiger partial charge < -0.3 is 24.4 Å². The van der Waals surface area contributed by atoms with Gasteiger partial charge >= 0.3 is 0 Å². The molecule has 1 fully saturated rings. The van der Waals surface area contributed by atoms with Gasteiger partial charge in [-0.15, -0.1) is 0 Å². The number of benzene rings is 3. The van der Waals surface area contributed by atoms with Gasteiger partial charge in [0.05, 0.1) is 17.7 Å². The largest absolute Gasteiger partial charge is 0.497 e. The number of nitrogens with zero attached hydrogens (tertiary/aromatic N) is 2.